The minimum atomic E-state index is -0.218. The number of hydrogen-bond donors (Lipinski definition) is 1. The van der Waals surface area contributed by atoms with Gasteiger partial charge in [0.2, 0.25) is 0 Å². The summed E-state index contributed by atoms with van der Waals surface area (Å²) in [6.07, 6.45) is 0. The Balaban J connectivity index is 2.86. The Bertz CT molecular complexity index is 576. The van der Waals surface area contributed by atoms with Gasteiger partial charge in [0.25, 0.3) is 0 Å². The molecule has 0 atom stereocenters. The highest BCUT2D eigenvalue weighted by atomic mass is 19.1. The zero-order chi connectivity index (χ0) is 12.6. The van der Waals surface area contributed by atoms with Crippen molar-refractivity contribution in [2.24, 2.45) is 0 Å². The number of nitrogens with one attached hydrogen (secondary N) is 1. The van der Waals surface area contributed by atoms with Crippen LogP contribution in [0.5, 0.6) is 0 Å². The van der Waals surface area contributed by atoms with E-state index < -0.39 is 0 Å². The number of fused-ring (bicyclic) bond motifs is 1. The van der Waals surface area contributed by atoms with Crippen molar-refractivity contribution in [3.63, 3.8) is 0 Å². The first-order valence-electron chi connectivity index (χ1n) is 5.86. The highest BCUT2D eigenvalue weighted by molar-refractivity contribution is 5.94. The molecule has 0 saturated heterocycles. The number of benzene rings is 1. The summed E-state index contributed by atoms with van der Waals surface area (Å²) >= 11 is 0. The van der Waals surface area contributed by atoms with E-state index in [0.29, 0.717) is 11.1 Å². The normalized spacial score (nSPS) is 10.9. The fourth-order valence-corrected chi connectivity index (χ4v) is 2.02. The maximum absolute atomic E-state index is 14.0. The highest BCUT2D eigenvalue weighted by Gasteiger charge is 2.13. The molecule has 0 unspecified atom stereocenters. The monoisotopic (exact) mass is 232 g/mol. The van der Waals surface area contributed by atoms with Crippen LogP contribution in [0.25, 0.3) is 10.9 Å². The first-order chi connectivity index (χ1) is 8.06. The zero-order valence-electron chi connectivity index (χ0n) is 10.7. The lowest BCUT2D eigenvalue weighted by atomic mass is 10.0. The molecule has 0 spiro atoms. The fraction of sp³-hybridized carbons (Fsp3) is 0.357. The van der Waals surface area contributed by atoms with Gasteiger partial charge >= 0.3 is 0 Å². The van der Waals surface area contributed by atoms with Crippen molar-refractivity contribution in [1.82, 2.24) is 4.98 Å². The molecule has 3 heteroatoms. The van der Waals surface area contributed by atoms with Crippen LogP contribution < -0.4 is 5.32 Å². The molecule has 0 aliphatic carbocycles. The van der Waals surface area contributed by atoms with Gasteiger partial charge in [-0.1, -0.05) is 12.1 Å². The van der Waals surface area contributed by atoms with Gasteiger partial charge < -0.3 is 5.32 Å². The van der Waals surface area contributed by atoms with E-state index in [-0.39, 0.29) is 5.82 Å². The minimum Gasteiger partial charge on any atom is -0.385 e. The summed E-state index contributed by atoms with van der Waals surface area (Å²) in [6.45, 7) is 8.54. The molecule has 1 heterocycles. The number of aryl methyl sites for hydroxylation is 2. The number of rotatable bonds is 2. The Labute approximate surface area is 101 Å². The third kappa shape index (κ3) is 1.86. The summed E-state index contributed by atoms with van der Waals surface area (Å²) < 4.78 is 14.0. The molecule has 0 amide bonds. The van der Waals surface area contributed by atoms with Gasteiger partial charge in [-0.2, -0.15) is 0 Å². The van der Waals surface area contributed by atoms with Gasteiger partial charge in [0, 0.05) is 23.3 Å². The molecule has 0 fully saturated rings. The van der Waals surface area contributed by atoms with Crippen molar-refractivity contribution >= 4 is 16.6 Å². The van der Waals surface area contributed by atoms with Crippen molar-refractivity contribution in [3.8, 4) is 0 Å². The first-order valence-corrected chi connectivity index (χ1v) is 5.86. The summed E-state index contributed by atoms with van der Waals surface area (Å²) in [5, 5.41) is 4.16. The summed E-state index contributed by atoms with van der Waals surface area (Å²) in [4.78, 5) is 4.36. The predicted octanol–water partition coefficient (Wildman–Crippen LogP) is 3.73. The predicted molar refractivity (Wildman–Crippen MR) is 70.1 cm³/mol. The molecule has 0 saturated carbocycles. The number of nitrogens with zero attached hydrogens (tertiary/aromatic N) is 1. The molecule has 0 aliphatic heterocycles. The van der Waals surface area contributed by atoms with E-state index in [0.717, 1.165) is 28.9 Å². The van der Waals surface area contributed by atoms with Crippen LogP contribution >= 0.6 is 0 Å². The molecular weight excluding hydrogens is 215 g/mol. The molecule has 2 rings (SSSR count). The van der Waals surface area contributed by atoms with Crippen molar-refractivity contribution in [2.45, 2.75) is 27.7 Å². The van der Waals surface area contributed by atoms with Gasteiger partial charge in [0.15, 0.2) is 5.82 Å². The molecule has 0 radical (unpaired) electrons. The van der Waals surface area contributed by atoms with Gasteiger partial charge in [-0.25, -0.2) is 9.37 Å². The molecule has 17 heavy (non-hydrogen) atoms. The topological polar surface area (TPSA) is 24.9 Å². The Morgan fingerprint density at radius 1 is 1.24 bits per heavy atom. The summed E-state index contributed by atoms with van der Waals surface area (Å²) in [7, 11) is 0. The maximum atomic E-state index is 14.0. The molecule has 1 N–H and O–H groups in total. The second-order valence-electron chi connectivity index (χ2n) is 4.32. The molecule has 2 aromatic rings. The van der Waals surface area contributed by atoms with Crippen molar-refractivity contribution < 1.29 is 4.39 Å². The second-order valence-corrected chi connectivity index (χ2v) is 4.32. The molecule has 0 bridgehead atoms. The number of halogens is 1. The third-order valence-electron chi connectivity index (χ3n) is 3.13. The quantitative estimate of drug-likeness (QED) is 0.853. The average Bonchev–Trinajstić information content (AvgIpc) is 2.31. The third-order valence-corrected chi connectivity index (χ3v) is 3.13. The van der Waals surface area contributed by atoms with Crippen LogP contribution in [0.15, 0.2) is 12.1 Å². The van der Waals surface area contributed by atoms with Crippen molar-refractivity contribution in [1.29, 1.82) is 0 Å². The number of anilines is 1. The van der Waals surface area contributed by atoms with Crippen molar-refractivity contribution in [3.05, 3.63) is 34.8 Å². The lowest BCUT2D eigenvalue weighted by Crippen LogP contribution is -2.04. The van der Waals surface area contributed by atoms with E-state index in [1.807, 2.05) is 26.8 Å². The first kappa shape index (κ1) is 11.8. The van der Waals surface area contributed by atoms with Crippen LogP contribution in [-0.2, 0) is 0 Å². The second kappa shape index (κ2) is 4.32. The largest absolute Gasteiger partial charge is 0.385 e. The van der Waals surface area contributed by atoms with E-state index in [1.165, 1.54) is 0 Å². The van der Waals surface area contributed by atoms with Gasteiger partial charge in [0.05, 0.1) is 0 Å². The molecule has 2 nitrogen and oxygen atoms in total. The van der Waals surface area contributed by atoms with E-state index >= 15 is 0 Å². The summed E-state index contributed by atoms with van der Waals surface area (Å²) in [6, 6.07) is 3.74. The molecular formula is C14H17FN2. The summed E-state index contributed by atoms with van der Waals surface area (Å²) in [5.74, 6) is -0.218. The van der Waals surface area contributed by atoms with E-state index in [9.17, 15) is 4.39 Å². The molecule has 0 aliphatic rings. The lowest BCUT2D eigenvalue weighted by Gasteiger charge is -2.14. The van der Waals surface area contributed by atoms with Gasteiger partial charge in [-0.3, -0.25) is 0 Å². The average molecular weight is 232 g/mol. The Morgan fingerprint density at radius 2 is 1.94 bits per heavy atom. The van der Waals surface area contributed by atoms with E-state index in [2.05, 4.69) is 10.3 Å². The SMILES string of the molecule is CCNc1c(C)c(C)nc2c(F)c(C)ccc12. The van der Waals surface area contributed by atoms with Crippen molar-refractivity contribution in [2.75, 3.05) is 11.9 Å². The van der Waals surface area contributed by atoms with Crippen LogP contribution in [0.2, 0.25) is 0 Å². The van der Waals surface area contributed by atoms with Gasteiger partial charge in [-0.15, -0.1) is 0 Å². The molecule has 90 valence electrons. The van der Waals surface area contributed by atoms with Crippen LogP contribution in [0.1, 0.15) is 23.7 Å². The van der Waals surface area contributed by atoms with E-state index in [4.69, 9.17) is 0 Å². The zero-order valence-corrected chi connectivity index (χ0v) is 10.7. The standard InChI is InChI=1S/C14H17FN2/c1-5-16-13-9(3)10(4)17-14-11(13)7-6-8(2)12(14)15/h6-7H,5H2,1-4H3,(H,16,17). The van der Waals surface area contributed by atoms with Gasteiger partial charge in [0.1, 0.15) is 5.52 Å². The summed E-state index contributed by atoms with van der Waals surface area (Å²) in [5.41, 5.74) is 4.05. The minimum absolute atomic E-state index is 0.218. The Kier molecular flexibility index (Phi) is 3.01. The highest BCUT2D eigenvalue weighted by Crippen LogP contribution is 2.30. The Morgan fingerprint density at radius 3 is 2.59 bits per heavy atom. The van der Waals surface area contributed by atoms with Crippen LogP contribution in [-0.4, -0.2) is 11.5 Å². The maximum Gasteiger partial charge on any atom is 0.152 e. The number of aromatic nitrogens is 1. The molecule has 1 aromatic heterocycles. The van der Waals surface area contributed by atoms with Crippen LogP contribution in [0.3, 0.4) is 0 Å². The number of hydrogen-bond acceptors (Lipinski definition) is 2. The van der Waals surface area contributed by atoms with Crippen LogP contribution in [0.4, 0.5) is 10.1 Å². The van der Waals surface area contributed by atoms with Gasteiger partial charge in [-0.05, 0) is 38.8 Å². The fourth-order valence-electron chi connectivity index (χ4n) is 2.02. The number of pyridine rings is 1. The smallest absolute Gasteiger partial charge is 0.152 e. The lowest BCUT2D eigenvalue weighted by molar-refractivity contribution is 0.627. The van der Waals surface area contributed by atoms with Crippen LogP contribution in [0, 0.1) is 26.6 Å². The molecule has 1 aromatic carbocycles. The van der Waals surface area contributed by atoms with E-state index in [1.54, 1.807) is 13.0 Å². The Hall–Kier alpha value is -1.64.